The van der Waals surface area contributed by atoms with E-state index in [1.807, 2.05) is 45.0 Å². The number of rotatable bonds is 5. The van der Waals surface area contributed by atoms with Gasteiger partial charge in [0.25, 0.3) is 0 Å². The zero-order valence-electron chi connectivity index (χ0n) is 15.8. The van der Waals surface area contributed by atoms with E-state index in [1.165, 1.54) is 4.57 Å². The van der Waals surface area contributed by atoms with Gasteiger partial charge in [-0.3, -0.25) is 9.36 Å². The number of fused-ring (bicyclic) bond motifs is 1. The van der Waals surface area contributed by atoms with Gasteiger partial charge in [0.05, 0.1) is 33.3 Å². The number of ether oxygens (including phenoxy) is 1. The van der Waals surface area contributed by atoms with E-state index < -0.39 is 5.60 Å². The highest BCUT2D eigenvalue weighted by atomic mass is 35.5. The first kappa shape index (κ1) is 20.5. The van der Waals surface area contributed by atoms with E-state index in [-0.39, 0.29) is 18.2 Å². The van der Waals surface area contributed by atoms with Crippen LogP contribution in [0.25, 0.3) is 16.7 Å². The number of aromatic amines is 1. The van der Waals surface area contributed by atoms with Gasteiger partial charge in [0.2, 0.25) is 0 Å². The number of carbonyl (C=O) groups is 1. The third-order valence-electron chi connectivity index (χ3n) is 3.94. The third-order valence-corrected chi connectivity index (χ3v) is 4.66. The van der Waals surface area contributed by atoms with Crippen molar-refractivity contribution in [1.82, 2.24) is 14.9 Å². The summed E-state index contributed by atoms with van der Waals surface area (Å²) in [6.45, 7) is 6.12. The fourth-order valence-electron chi connectivity index (χ4n) is 2.81. The number of nitrogens with zero attached hydrogens (tertiary/aromatic N) is 1. The maximum atomic E-state index is 12.4. The molecule has 1 heterocycles. The van der Waals surface area contributed by atoms with Gasteiger partial charge in [-0.05, 0) is 50.6 Å². The molecule has 3 aromatic rings. The second-order valence-electron chi connectivity index (χ2n) is 7.41. The number of H-pyrrole nitrogens is 1. The first-order valence-corrected chi connectivity index (χ1v) is 9.51. The average Bonchev–Trinajstić information content (AvgIpc) is 2.89. The van der Waals surface area contributed by atoms with E-state index in [2.05, 4.69) is 10.3 Å². The predicted octanol–water partition coefficient (Wildman–Crippen LogP) is 4.06. The number of hydrogen-bond donors (Lipinski definition) is 2. The van der Waals surface area contributed by atoms with E-state index in [1.54, 1.807) is 12.1 Å². The minimum absolute atomic E-state index is 0.125. The molecule has 0 fully saturated rings. The molecule has 0 spiro atoms. The minimum Gasteiger partial charge on any atom is -0.459 e. The van der Waals surface area contributed by atoms with Crippen LogP contribution < -0.4 is 11.0 Å². The number of esters is 1. The van der Waals surface area contributed by atoms with E-state index in [9.17, 15) is 9.59 Å². The topological polar surface area (TPSA) is 76.1 Å². The van der Waals surface area contributed by atoms with Crippen molar-refractivity contribution in [2.75, 3.05) is 6.54 Å². The molecular weight excluding hydrogens is 401 g/mol. The lowest BCUT2D eigenvalue weighted by molar-refractivity contribution is -0.153. The lowest BCUT2D eigenvalue weighted by atomic mass is 10.2. The highest BCUT2D eigenvalue weighted by Gasteiger charge is 2.15. The lowest BCUT2D eigenvalue weighted by Gasteiger charge is -2.19. The zero-order valence-corrected chi connectivity index (χ0v) is 17.3. The Bertz CT molecular complexity index is 1060. The Morgan fingerprint density at radius 3 is 2.43 bits per heavy atom. The zero-order chi connectivity index (χ0) is 20.5. The molecule has 0 saturated heterocycles. The molecule has 0 saturated carbocycles. The van der Waals surface area contributed by atoms with Crippen molar-refractivity contribution >= 4 is 40.2 Å². The van der Waals surface area contributed by atoms with Crippen LogP contribution in [-0.4, -0.2) is 27.7 Å². The summed E-state index contributed by atoms with van der Waals surface area (Å²) in [6, 6.07) is 10.7. The molecule has 0 bridgehead atoms. The van der Waals surface area contributed by atoms with Gasteiger partial charge in [0, 0.05) is 6.54 Å². The molecule has 2 N–H and O–H groups in total. The van der Waals surface area contributed by atoms with Gasteiger partial charge in [-0.2, -0.15) is 0 Å². The van der Waals surface area contributed by atoms with E-state index >= 15 is 0 Å². The number of aromatic nitrogens is 2. The first-order chi connectivity index (χ1) is 13.1. The Labute approximate surface area is 172 Å². The van der Waals surface area contributed by atoms with Crippen LogP contribution in [0.2, 0.25) is 10.0 Å². The molecule has 0 atom stereocenters. The fraction of sp³-hybridized carbons (Fsp3) is 0.300. The van der Waals surface area contributed by atoms with Crippen LogP contribution in [0.5, 0.6) is 0 Å². The SMILES string of the molecule is CC(C)(C)OC(=O)CNCc1ccc(-n2c(=O)[nH]c3cc(Cl)c(Cl)cc32)cc1. The Morgan fingerprint density at radius 1 is 1.14 bits per heavy atom. The number of nitrogens with one attached hydrogen (secondary N) is 2. The van der Waals surface area contributed by atoms with Crippen molar-refractivity contribution in [3.63, 3.8) is 0 Å². The molecule has 0 aliphatic rings. The van der Waals surface area contributed by atoms with Crippen LogP contribution in [-0.2, 0) is 16.1 Å². The third kappa shape index (κ3) is 4.76. The van der Waals surface area contributed by atoms with Gasteiger partial charge in [-0.15, -0.1) is 0 Å². The van der Waals surface area contributed by atoms with Crippen molar-refractivity contribution in [2.24, 2.45) is 0 Å². The summed E-state index contributed by atoms with van der Waals surface area (Å²) < 4.78 is 6.79. The Hall–Kier alpha value is -2.28. The average molecular weight is 422 g/mol. The Kier molecular flexibility index (Phi) is 5.84. The molecule has 0 aliphatic carbocycles. The van der Waals surface area contributed by atoms with E-state index in [4.69, 9.17) is 27.9 Å². The molecule has 0 unspecified atom stereocenters. The number of imidazole rings is 1. The van der Waals surface area contributed by atoms with Crippen molar-refractivity contribution < 1.29 is 9.53 Å². The van der Waals surface area contributed by atoms with E-state index in [0.29, 0.717) is 33.3 Å². The lowest BCUT2D eigenvalue weighted by Crippen LogP contribution is -2.31. The molecule has 28 heavy (non-hydrogen) atoms. The first-order valence-electron chi connectivity index (χ1n) is 8.76. The normalized spacial score (nSPS) is 11.8. The summed E-state index contributed by atoms with van der Waals surface area (Å²) in [5.74, 6) is -0.301. The van der Waals surface area contributed by atoms with Gasteiger partial charge in [-0.25, -0.2) is 4.79 Å². The summed E-state index contributed by atoms with van der Waals surface area (Å²) in [4.78, 5) is 26.9. The quantitative estimate of drug-likeness (QED) is 0.609. The molecule has 3 rings (SSSR count). The van der Waals surface area contributed by atoms with Crippen molar-refractivity contribution in [3.8, 4) is 5.69 Å². The fourth-order valence-corrected chi connectivity index (χ4v) is 3.13. The molecule has 0 aliphatic heterocycles. The van der Waals surface area contributed by atoms with Crippen LogP contribution in [0.3, 0.4) is 0 Å². The molecule has 1 aromatic heterocycles. The van der Waals surface area contributed by atoms with Crippen LogP contribution in [0, 0.1) is 0 Å². The summed E-state index contributed by atoms with van der Waals surface area (Å²) in [5.41, 5.74) is 2.16. The van der Waals surface area contributed by atoms with Gasteiger partial charge in [-0.1, -0.05) is 35.3 Å². The second kappa shape index (κ2) is 7.99. The summed E-state index contributed by atoms with van der Waals surface area (Å²) in [6.07, 6.45) is 0. The van der Waals surface area contributed by atoms with Crippen LogP contribution in [0.4, 0.5) is 0 Å². The highest BCUT2D eigenvalue weighted by Crippen LogP contribution is 2.27. The monoisotopic (exact) mass is 421 g/mol. The van der Waals surface area contributed by atoms with Crippen LogP contribution >= 0.6 is 23.2 Å². The second-order valence-corrected chi connectivity index (χ2v) is 8.22. The standard InChI is InChI=1S/C20H21Cl2N3O3/c1-20(2,3)28-18(26)11-23-10-12-4-6-13(7-5-12)25-17-9-15(22)14(21)8-16(17)24-19(25)27/h4-9,23H,10-11H2,1-3H3,(H,24,27). The smallest absolute Gasteiger partial charge is 0.331 e. The molecule has 0 radical (unpaired) electrons. The predicted molar refractivity (Wildman–Crippen MR) is 111 cm³/mol. The minimum atomic E-state index is -0.500. The highest BCUT2D eigenvalue weighted by molar-refractivity contribution is 6.42. The Morgan fingerprint density at radius 2 is 1.79 bits per heavy atom. The van der Waals surface area contributed by atoms with Crippen LogP contribution in [0.1, 0.15) is 26.3 Å². The molecule has 6 nitrogen and oxygen atoms in total. The molecule has 0 amide bonds. The molecule has 8 heteroatoms. The molecule has 148 valence electrons. The maximum Gasteiger partial charge on any atom is 0.331 e. The van der Waals surface area contributed by atoms with Crippen molar-refractivity contribution in [3.05, 3.63) is 62.5 Å². The number of benzene rings is 2. The summed E-state index contributed by atoms with van der Waals surface area (Å²) in [5, 5.41) is 3.81. The molecular formula is C20H21Cl2N3O3. The van der Waals surface area contributed by atoms with Gasteiger partial charge in [0.1, 0.15) is 5.60 Å². The summed E-state index contributed by atoms with van der Waals surface area (Å²) in [7, 11) is 0. The van der Waals surface area contributed by atoms with Crippen LogP contribution in [0.15, 0.2) is 41.2 Å². The maximum absolute atomic E-state index is 12.4. The summed E-state index contributed by atoms with van der Waals surface area (Å²) >= 11 is 12.1. The van der Waals surface area contributed by atoms with Gasteiger partial charge < -0.3 is 15.0 Å². The van der Waals surface area contributed by atoms with Crippen molar-refractivity contribution in [2.45, 2.75) is 32.9 Å². The van der Waals surface area contributed by atoms with Crippen molar-refractivity contribution in [1.29, 1.82) is 0 Å². The number of hydrogen-bond acceptors (Lipinski definition) is 4. The molecule has 2 aromatic carbocycles. The van der Waals surface area contributed by atoms with Gasteiger partial charge >= 0.3 is 11.7 Å². The largest absolute Gasteiger partial charge is 0.459 e. The van der Waals surface area contributed by atoms with Gasteiger partial charge in [0.15, 0.2) is 0 Å². The number of carbonyl (C=O) groups excluding carboxylic acids is 1. The number of halogens is 2. The Balaban J connectivity index is 1.72. The van der Waals surface area contributed by atoms with E-state index in [0.717, 1.165) is 5.56 Å².